The maximum atomic E-state index is 9.96. The van der Waals surface area contributed by atoms with Crippen LogP contribution >= 0.6 is 0 Å². The number of benzene rings is 7. The van der Waals surface area contributed by atoms with Gasteiger partial charge in [0.25, 0.3) is 0 Å². The molecule has 7 aromatic rings. The van der Waals surface area contributed by atoms with Crippen LogP contribution in [0.2, 0.25) is 0 Å². The molecule has 39 heavy (non-hydrogen) atoms. The van der Waals surface area contributed by atoms with Crippen LogP contribution in [-0.4, -0.2) is 5.11 Å². The van der Waals surface area contributed by atoms with Gasteiger partial charge in [-0.15, -0.1) is 0 Å². The van der Waals surface area contributed by atoms with Crippen molar-refractivity contribution in [3.63, 3.8) is 0 Å². The number of aromatic hydroxyl groups is 1. The minimum atomic E-state index is -0.372. The molecule has 0 radical (unpaired) electrons. The summed E-state index contributed by atoms with van der Waals surface area (Å²) in [5.74, 6) is 0.296. The molecule has 0 heterocycles. The second-order valence-corrected chi connectivity index (χ2v) is 10.4. The van der Waals surface area contributed by atoms with Crippen LogP contribution < -0.4 is 0 Å². The zero-order valence-corrected chi connectivity index (χ0v) is 21.6. The maximum Gasteiger partial charge on any atom is 0.116 e. The van der Waals surface area contributed by atoms with Gasteiger partial charge in [-0.25, -0.2) is 0 Å². The summed E-state index contributed by atoms with van der Waals surface area (Å²) in [5.41, 5.74) is 4.75. The topological polar surface area (TPSA) is 20.2 Å². The predicted molar refractivity (Wildman–Crippen MR) is 164 cm³/mol. The summed E-state index contributed by atoms with van der Waals surface area (Å²) in [4.78, 5) is 0. The second-order valence-electron chi connectivity index (χ2n) is 10.4. The van der Waals surface area contributed by atoms with Gasteiger partial charge in [-0.1, -0.05) is 121 Å². The van der Waals surface area contributed by atoms with Gasteiger partial charge in [0.05, 0.1) is 0 Å². The molecule has 0 aliphatic carbocycles. The van der Waals surface area contributed by atoms with Crippen molar-refractivity contribution in [2.75, 3.05) is 0 Å². The first-order chi connectivity index (χ1) is 19.2. The Balaban J connectivity index is 1.46. The molecular weight excluding hydrogens is 472 g/mol. The lowest BCUT2D eigenvalue weighted by Crippen LogP contribution is -2.32. The number of phenolic OH excluding ortho intramolecular Hbond substituents is 1. The highest BCUT2D eigenvalue weighted by atomic mass is 16.3. The van der Waals surface area contributed by atoms with Gasteiger partial charge in [0.2, 0.25) is 0 Å². The summed E-state index contributed by atoms with van der Waals surface area (Å²) in [6.07, 6.45) is 0.822. The fourth-order valence-electron chi connectivity index (χ4n) is 6.16. The Bertz CT molecular complexity index is 1900. The summed E-state index contributed by atoms with van der Waals surface area (Å²) < 4.78 is 0. The molecule has 0 amide bonds. The molecule has 0 aliphatic heterocycles. The Labute approximate surface area is 228 Å². The molecule has 0 unspecified atom stereocenters. The number of fused-ring (bicyclic) bond motifs is 3. The van der Waals surface area contributed by atoms with Crippen LogP contribution in [0, 0.1) is 0 Å². The summed E-state index contributed by atoms with van der Waals surface area (Å²) in [7, 11) is 0. The zero-order chi connectivity index (χ0) is 26.2. The van der Waals surface area contributed by atoms with Crippen molar-refractivity contribution in [3.05, 3.63) is 174 Å². The fraction of sp³-hybridized carbons (Fsp3) is 0.0526. The molecule has 0 spiro atoms. The van der Waals surface area contributed by atoms with Crippen LogP contribution in [0.25, 0.3) is 32.3 Å². The van der Waals surface area contributed by atoms with E-state index in [1.165, 1.54) is 43.8 Å². The highest BCUT2D eigenvalue weighted by molar-refractivity contribution is 5.99. The number of hydrogen-bond donors (Lipinski definition) is 1. The molecule has 7 aromatic carbocycles. The molecule has 0 bridgehead atoms. The van der Waals surface area contributed by atoms with Gasteiger partial charge in [0.15, 0.2) is 0 Å². The second kappa shape index (κ2) is 9.45. The lowest BCUT2D eigenvalue weighted by Gasteiger charge is -2.36. The van der Waals surface area contributed by atoms with E-state index >= 15 is 0 Å². The monoisotopic (exact) mass is 500 g/mol. The van der Waals surface area contributed by atoms with Gasteiger partial charge in [0.1, 0.15) is 5.75 Å². The molecule has 1 heteroatoms. The van der Waals surface area contributed by atoms with Crippen molar-refractivity contribution in [1.29, 1.82) is 0 Å². The standard InChI is InChI=1S/C38H28O/c39-37-20-18-31-22-32-21-27(15-16-30(32)23-33(31)25-37)26-38(34-11-3-1-4-12-34,35-13-5-2-6-14-35)36-19-17-28-9-7-8-10-29(28)24-36/h1-25,39H,26H2. The Morgan fingerprint density at radius 3 is 1.62 bits per heavy atom. The van der Waals surface area contributed by atoms with E-state index in [-0.39, 0.29) is 5.41 Å². The largest absolute Gasteiger partial charge is 0.508 e. The predicted octanol–water partition coefficient (Wildman–Crippen LogP) is 9.43. The number of hydrogen-bond acceptors (Lipinski definition) is 1. The summed E-state index contributed by atoms with van der Waals surface area (Å²) in [6, 6.07) is 54.2. The van der Waals surface area contributed by atoms with Crippen molar-refractivity contribution in [3.8, 4) is 5.75 Å². The first-order valence-corrected chi connectivity index (χ1v) is 13.4. The number of phenols is 1. The lowest BCUT2D eigenvalue weighted by molar-refractivity contribution is 0.476. The first kappa shape index (κ1) is 23.3. The van der Waals surface area contributed by atoms with Crippen molar-refractivity contribution >= 4 is 32.3 Å². The summed E-state index contributed by atoms with van der Waals surface area (Å²) in [5, 5.41) is 17.0. The van der Waals surface area contributed by atoms with E-state index in [1.54, 1.807) is 6.07 Å². The molecule has 0 aliphatic rings. The van der Waals surface area contributed by atoms with Gasteiger partial charge in [-0.05, 0) is 91.3 Å². The Morgan fingerprint density at radius 1 is 0.385 bits per heavy atom. The van der Waals surface area contributed by atoms with Crippen LogP contribution in [0.4, 0.5) is 0 Å². The quantitative estimate of drug-likeness (QED) is 0.184. The zero-order valence-electron chi connectivity index (χ0n) is 21.6. The molecule has 0 saturated carbocycles. The van der Waals surface area contributed by atoms with E-state index in [0.717, 1.165) is 17.2 Å². The molecule has 0 atom stereocenters. The molecule has 7 rings (SSSR count). The van der Waals surface area contributed by atoms with Gasteiger partial charge in [-0.2, -0.15) is 0 Å². The first-order valence-electron chi connectivity index (χ1n) is 13.4. The Kier molecular flexibility index (Phi) is 5.64. The van der Waals surface area contributed by atoms with Crippen LogP contribution in [-0.2, 0) is 11.8 Å². The molecule has 0 saturated heterocycles. The highest BCUT2D eigenvalue weighted by Crippen LogP contribution is 2.43. The average Bonchev–Trinajstić information content (AvgIpc) is 2.99. The average molecular weight is 501 g/mol. The van der Waals surface area contributed by atoms with Gasteiger partial charge < -0.3 is 5.11 Å². The summed E-state index contributed by atoms with van der Waals surface area (Å²) in [6.45, 7) is 0. The molecule has 1 nitrogen and oxygen atoms in total. The van der Waals surface area contributed by atoms with Crippen molar-refractivity contribution < 1.29 is 5.11 Å². The van der Waals surface area contributed by atoms with E-state index < -0.39 is 0 Å². The third kappa shape index (κ3) is 4.13. The van der Waals surface area contributed by atoms with Gasteiger partial charge in [-0.3, -0.25) is 0 Å². The van der Waals surface area contributed by atoms with Gasteiger partial charge >= 0.3 is 0 Å². The highest BCUT2D eigenvalue weighted by Gasteiger charge is 2.36. The van der Waals surface area contributed by atoms with Crippen LogP contribution in [0.3, 0.4) is 0 Å². The Hall–Kier alpha value is -4.88. The fourth-order valence-corrected chi connectivity index (χ4v) is 6.16. The molecule has 186 valence electrons. The lowest BCUT2D eigenvalue weighted by atomic mass is 9.65. The van der Waals surface area contributed by atoms with E-state index in [2.05, 4.69) is 133 Å². The third-order valence-corrected chi connectivity index (χ3v) is 8.09. The Morgan fingerprint density at radius 2 is 0.923 bits per heavy atom. The smallest absolute Gasteiger partial charge is 0.116 e. The third-order valence-electron chi connectivity index (χ3n) is 8.09. The van der Waals surface area contributed by atoms with E-state index in [4.69, 9.17) is 0 Å². The van der Waals surface area contributed by atoms with E-state index in [1.807, 2.05) is 12.1 Å². The minimum Gasteiger partial charge on any atom is -0.508 e. The van der Waals surface area contributed by atoms with Crippen molar-refractivity contribution in [2.45, 2.75) is 11.8 Å². The van der Waals surface area contributed by atoms with E-state index in [0.29, 0.717) is 5.75 Å². The minimum absolute atomic E-state index is 0.296. The molecule has 1 N–H and O–H groups in total. The maximum absolute atomic E-state index is 9.96. The molecular formula is C38H28O. The van der Waals surface area contributed by atoms with Crippen LogP contribution in [0.15, 0.2) is 152 Å². The van der Waals surface area contributed by atoms with E-state index in [9.17, 15) is 5.11 Å². The van der Waals surface area contributed by atoms with Crippen molar-refractivity contribution in [2.24, 2.45) is 0 Å². The molecule has 0 aromatic heterocycles. The summed E-state index contributed by atoms with van der Waals surface area (Å²) >= 11 is 0. The van der Waals surface area contributed by atoms with Crippen LogP contribution in [0.1, 0.15) is 22.3 Å². The number of rotatable bonds is 5. The van der Waals surface area contributed by atoms with Crippen molar-refractivity contribution in [1.82, 2.24) is 0 Å². The van der Waals surface area contributed by atoms with Gasteiger partial charge in [0, 0.05) is 5.41 Å². The van der Waals surface area contributed by atoms with Crippen LogP contribution in [0.5, 0.6) is 5.75 Å². The SMILES string of the molecule is Oc1ccc2cc3cc(CC(c4ccccc4)(c4ccccc4)c4ccc5ccccc5c4)ccc3cc2c1. The molecule has 0 fully saturated rings. The normalized spacial score (nSPS) is 11.8.